The largest absolute Gasteiger partial charge is 0.497 e. The smallest absolute Gasteiger partial charge is 0.280 e. The summed E-state index contributed by atoms with van der Waals surface area (Å²) in [6, 6.07) is 34.1. The van der Waals surface area contributed by atoms with E-state index >= 15 is 0 Å². The Hall–Kier alpha value is -6.40. The van der Waals surface area contributed by atoms with Crippen molar-refractivity contribution in [1.82, 2.24) is 19.5 Å². The number of nitrogens with zero attached hydrogens (tertiary/aromatic N) is 5. The lowest BCUT2D eigenvalue weighted by molar-refractivity contribution is -0.165. The predicted octanol–water partition coefficient (Wildman–Crippen LogP) is 4.37. The highest BCUT2D eigenvalue weighted by Gasteiger charge is 2.54. The van der Waals surface area contributed by atoms with Crippen molar-refractivity contribution in [2.75, 3.05) is 26.6 Å². The SMILES string of the molecule is COc1ccc(C(OC[C@H]2O[C@@](C(=O)Cc3ccccc3)(n3cnc4c(=O)[nH]c(N)nc43)C[C@@H]2O)(c2ccccc2)c2ccc(OC)cc2)cc1.N#N. The van der Waals surface area contributed by atoms with Crippen LogP contribution in [-0.2, 0) is 32.0 Å². The second kappa shape index (κ2) is 15.5. The van der Waals surface area contributed by atoms with Crippen LogP contribution in [0.3, 0.4) is 0 Å². The normalized spacial score (nSPS) is 18.2. The number of carbonyl (C=O) groups excluding carboxylic acids is 1. The fourth-order valence-corrected chi connectivity index (χ4v) is 6.80. The quantitative estimate of drug-likeness (QED) is 0.119. The van der Waals surface area contributed by atoms with Gasteiger partial charge in [-0.1, -0.05) is 84.9 Å². The van der Waals surface area contributed by atoms with Gasteiger partial charge < -0.3 is 29.8 Å². The molecule has 0 unspecified atom stereocenters. The molecule has 0 bridgehead atoms. The molecule has 0 radical (unpaired) electrons. The maximum atomic E-state index is 14.4. The molecular formula is C39H37N7O7. The number of aromatic nitrogens is 4. The number of hydrogen-bond donors (Lipinski definition) is 3. The van der Waals surface area contributed by atoms with Crippen LogP contribution < -0.4 is 20.8 Å². The minimum Gasteiger partial charge on any atom is -0.497 e. The molecule has 0 amide bonds. The summed E-state index contributed by atoms with van der Waals surface area (Å²) in [5, 5.41) is 23.7. The van der Waals surface area contributed by atoms with Gasteiger partial charge in [0.25, 0.3) is 5.56 Å². The number of nitrogen functional groups attached to an aromatic ring is 1. The zero-order chi connectivity index (χ0) is 37.6. The average Bonchev–Trinajstić information content (AvgIpc) is 3.79. The number of imidazole rings is 1. The number of benzene rings is 4. The fraction of sp³-hybridized carbons (Fsp3) is 0.231. The standard InChI is InChI=1S/C39H37N5O7.N2/c1-48-29-17-13-27(14-18-29)39(26-11-7-4-8-12-26,28-15-19-30(49-2)20-16-28)50-23-32-31(45)22-38(51-32,33(46)21-25-9-5-3-6-10-25)44-24-41-34-35(44)42-37(40)43-36(34)47;1-2/h3-20,24,31-32,45H,21-23H2,1-2H3,(H3,40,42,43,47);/t31-,32+,38-;/m0./s1. The Labute approximate surface area is 304 Å². The van der Waals surface area contributed by atoms with Crippen molar-refractivity contribution >= 4 is 22.9 Å². The second-order valence-electron chi connectivity index (χ2n) is 12.4. The molecule has 0 spiro atoms. The van der Waals surface area contributed by atoms with Gasteiger partial charge in [-0.25, -0.2) is 4.98 Å². The molecule has 0 aliphatic carbocycles. The minimum absolute atomic E-state index is 0.0176. The topological polar surface area (TPSA) is 211 Å². The van der Waals surface area contributed by atoms with Gasteiger partial charge in [-0.15, -0.1) is 0 Å². The number of aromatic amines is 1. The lowest BCUT2D eigenvalue weighted by Crippen LogP contribution is -2.44. The summed E-state index contributed by atoms with van der Waals surface area (Å²) in [6.07, 6.45) is -1.02. The number of hydrogen-bond acceptors (Lipinski definition) is 12. The van der Waals surface area contributed by atoms with Crippen molar-refractivity contribution in [3.8, 4) is 11.5 Å². The molecule has 3 atom stereocenters. The van der Waals surface area contributed by atoms with Gasteiger partial charge in [0.1, 0.15) is 29.5 Å². The average molecular weight is 716 g/mol. The monoisotopic (exact) mass is 715 g/mol. The van der Waals surface area contributed by atoms with Gasteiger partial charge in [-0.2, -0.15) is 4.98 Å². The number of nitrogens with two attached hydrogens (primary N) is 1. The summed E-state index contributed by atoms with van der Waals surface area (Å²) in [7, 11) is 3.21. The van der Waals surface area contributed by atoms with Gasteiger partial charge in [-0.3, -0.25) is 19.1 Å². The summed E-state index contributed by atoms with van der Waals surface area (Å²) in [6.45, 7) is -0.142. The van der Waals surface area contributed by atoms with Gasteiger partial charge in [0.05, 0.1) is 26.9 Å². The summed E-state index contributed by atoms with van der Waals surface area (Å²) < 4.78 is 26.0. The highest BCUT2D eigenvalue weighted by molar-refractivity contribution is 5.89. The lowest BCUT2D eigenvalue weighted by atomic mass is 9.80. The van der Waals surface area contributed by atoms with Crippen LogP contribution in [0, 0.1) is 10.8 Å². The molecular weight excluding hydrogens is 678 g/mol. The summed E-state index contributed by atoms with van der Waals surface area (Å²) in [4.78, 5) is 38.2. The maximum Gasteiger partial charge on any atom is 0.280 e. The van der Waals surface area contributed by atoms with Gasteiger partial charge in [0.15, 0.2) is 16.9 Å². The molecule has 4 N–H and O–H groups in total. The first-order valence-corrected chi connectivity index (χ1v) is 16.6. The van der Waals surface area contributed by atoms with Crippen molar-refractivity contribution in [2.24, 2.45) is 0 Å². The van der Waals surface area contributed by atoms with Gasteiger partial charge in [0.2, 0.25) is 11.7 Å². The van der Waals surface area contributed by atoms with E-state index in [-0.39, 0.29) is 42.3 Å². The van der Waals surface area contributed by atoms with Crippen molar-refractivity contribution in [2.45, 2.75) is 36.4 Å². The number of methoxy groups -OCH3 is 2. The number of aliphatic hydroxyl groups is 1. The van der Waals surface area contributed by atoms with Crippen LogP contribution in [-0.4, -0.2) is 63.4 Å². The molecule has 1 aliphatic heterocycles. The van der Waals surface area contributed by atoms with Crippen LogP contribution in [0.4, 0.5) is 5.95 Å². The van der Waals surface area contributed by atoms with E-state index in [1.807, 2.05) is 109 Å². The molecule has 2 aromatic heterocycles. The van der Waals surface area contributed by atoms with Gasteiger partial charge in [-0.05, 0) is 46.5 Å². The molecule has 7 rings (SSSR count). The van der Waals surface area contributed by atoms with E-state index in [1.54, 1.807) is 14.2 Å². The number of fused-ring (bicyclic) bond motifs is 1. The molecule has 14 heteroatoms. The number of carbonyl (C=O) groups is 1. The molecule has 3 heterocycles. The summed E-state index contributed by atoms with van der Waals surface area (Å²) in [5.74, 6) is 0.833. The van der Waals surface area contributed by atoms with Crippen LogP contribution in [0.15, 0.2) is 120 Å². The van der Waals surface area contributed by atoms with E-state index in [0.29, 0.717) is 11.5 Å². The summed E-state index contributed by atoms with van der Waals surface area (Å²) in [5.41, 5.74) is 5.56. The van der Waals surface area contributed by atoms with Crippen LogP contribution in [0.25, 0.3) is 11.2 Å². The Morgan fingerprint density at radius 2 is 1.47 bits per heavy atom. The van der Waals surface area contributed by atoms with E-state index in [1.165, 1.54) is 10.9 Å². The van der Waals surface area contributed by atoms with Crippen LogP contribution >= 0.6 is 0 Å². The Kier molecular flexibility index (Phi) is 10.6. The number of ether oxygens (including phenoxy) is 4. The third kappa shape index (κ3) is 6.84. The van der Waals surface area contributed by atoms with E-state index < -0.39 is 29.1 Å². The number of anilines is 1. The number of ketones is 1. The molecule has 4 aromatic carbocycles. The van der Waals surface area contributed by atoms with Crippen molar-refractivity contribution in [1.29, 1.82) is 10.8 Å². The number of Topliss-reactive ketones (excluding diaryl/α,β-unsaturated/α-hetero) is 1. The van der Waals surface area contributed by atoms with Gasteiger partial charge >= 0.3 is 0 Å². The zero-order valence-corrected chi connectivity index (χ0v) is 29.0. The Balaban J connectivity index is 0.00000236. The number of nitrogens with one attached hydrogen (secondary N) is 1. The molecule has 14 nitrogen and oxygen atoms in total. The van der Waals surface area contributed by atoms with Gasteiger partial charge in [0, 0.05) is 23.6 Å². The van der Waals surface area contributed by atoms with Crippen LogP contribution in [0.1, 0.15) is 28.7 Å². The first-order valence-electron chi connectivity index (χ1n) is 16.6. The molecule has 1 saturated heterocycles. The van der Waals surface area contributed by atoms with Crippen molar-refractivity contribution in [3.63, 3.8) is 0 Å². The van der Waals surface area contributed by atoms with Crippen LogP contribution in [0.5, 0.6) is 11.5 Å². The molecule has 1 aliphatic rings. The van der Waals surface area contributed by atoms with Crippen molar-refractivity contribution < 1.29 is 28.8 Å². The third-order valence-electron chi connectivity index (χ3n) is 9.36. The Bertz CT molecular complexity index is 2190. The molecule has 53 heavy (non-hydrogen) atoms. The first kappa shape index (κ1) is 36.4. The number of rotatable bonds is 12. The zero-order valence-electron chi connectivity index (χ0n) is 29.0. The molecule has 0 saturated carbocycles. The molecule has 270 valence electrons. The number of aliphatic hydroxyl groups excluding tert-OH is 1. The van der Waals surface area contributed by atoms with E-state index in [9.17, 15) is 14.7 Å². The predicted molar refractivity (Wildman–Crippen MR) is 193 cm³/mol. The van der Waals surface area contributed by atoms with E-state index in [4.69, 9.17) is 35.5 Å². The maximum absolute atomic E-state index is 14.4. The molecule has 1 fully saturated rings. The third-order valence-corrected chi connectivity index (χ3v) is 9.36. The first-order chi connectivity index (χ1) is 25.8. The highest BCUT2D eigenvalue weighted by atomic mass is 16.6. The minimum atomic E-state index is -1.79. The van der Waals surface area contributed by atoms with Crippen LogP contribution in [0.2, 0.25) is 0 Å². The Morgan fingerprint density at radius 1 is 0.925 bits per heavy atom. The molecule has 6 aromatic rings. The second-order valence-corrected chi connectivity index (χ2v) is 12.4. The van der Waals surface area contributed by atoms with E-state index in [0.717, 1.165) is 22.3 Å². The van der Waals surface area contributed by atoms with Crippen molar-refractivity contribution in [3.05, 3.63) is 148 Å². The number of H-pyrrole nitrogens is 1. The van der Waals surface area contributed by atoms with E-state index in [2.05, 4.69) is 15.0 Å². The fourth-order valence-electron chi connectivity index (χ4n) is 6.80. The Morgan fingerprint density at radius 3 is 2.04 bits per heavy atom. The summed E-state index contributed by atoms with van der Waals surface area (Å²) >= 11 is 0. The highest BCUT2D eigenvalue weighted by Crippen LogP contribution is 2.44. The lowest BCUT2D eigenvalue weighted by Gasteiger charge is -2.37.